The minimum atomic E-state index is -0.656. The molecule has 4 aromatic rings. The highest BCUT2D eigenvalue weighted by Crippen LogP contribution is 2.55. The Kier molecular flexibility index (Phi) is 5.12. The van der Waals surface area contributed by atoms with Crippen molar-refractivity contribution in [2.45, 2.75) is 18.3 Å². The first-order valence-electron chi connectivity index (χ1n) is 11.5. The molecule has 0 amide bonds. The summed E-state index contributed by atoms with van der Waals surface area (Å²) in [4.78, 5) is 12.7. The Balaban J connectivity index is 1.51. The highest BCUT2D eigenvalue weighted by molar-refractivity contribution is 7.79. The number of fused-ring (bicyclic) bond motifs is 1. The number of hydrogen-bond donors (Lipinski definition) is 0. The van der Waals surface area contributed by atoms with Crippen molar-refractivity contribution in [1.82, 2.24) is 0 Å². The van der Waals surface area contributed by atoms with Gasteiger partial charge in [-0.3, -0.25) is 4.79 Å². The number of methoxy groups -OCH3 is 1. The lowest BCUT2D eigenvalue weighted by molar-refractivity contribution is -0.146. The highest BCUT2D eigenvalue weighted by atomic mass is 31.1. The van der Waals surface area contributed by atoms with Crippen LogP contribution in [0.4, 0.5) is 0 Å². The molecule has 162 valence electrons. The summed E-state index contributed by atoms with van der Waals surface area (Å²) in [6.07, 6.45) is 0.819. The van der Waals surface area contributed by atoms with Gasteiger partial charge in [-0.05, 0) is 58.6 Å². The molecule has 2 bridgehead atoms. The Morgan fingerprint density at radius 2 is 1.27 bits per heavy atom. The van der Waals surface area contributed by atoms with Gasteiger partial charge in [0.1, 0.15) is 0 Å². The van der Waals surface area contributed by atoms with Crippen molar-refractivity contribution in [3.05, 3.63) is 125 Å². The van der Waals surface area contributed by atoms with Gasteiger partial charge in [0.15, 0.2) is 0 Å². The summed E-state index contributed by atoms with van der Waals surface area (Å²) in [5.41, 5.74) is 5.34. The van der Waals surface area contributed by atoms with Crippen LogP contribution in [0, 0.1) is 5.92 Å². The average Bonchev–Trinajstić information content (AvgIpc) is 2.89. The molecule has 3 aliphatic carbocycles. The monoisotopic (exact) mass is 448 g/mol. The number of benzene rings is 4. The first-order valence-corrected chi connectivity index (χ1v) is 12.8. The molecule has 3 aliphatic rings. The van der Waals surface area contributed by atoms with Crippen molar-refractivity contribution >= 4 is 29.8 Å². The summed E-state index contributed by atoms with van der Waals surface area (Å²) in [5, 5.41) is 4.07. The second-order valence-corrected chi connectivity index (χ2v) is 11.1. The second-order valence-electron chi connectivity index (χ2n) is 8.84. The van der Waals surface area contributed by atoms with Gasteiger partial charge >= 0.3 is 5.97 Å². The highest BCUT2D eigenvalue weighted by Gasteiger charge is 2.46. The van der Waals surface area contributed by atoms with Crippen LogP contribution in [0.3, 0.4) is 0 Å². The second kappa shape index (κ2) is 8.28. The van der Waals surface area contributed by atoms with E-state index < -0.39 is 7.92 Å². The minimum Gasteiger partial charge on any atom is -0.469 e. The van der Waals surface area contributed by atoms with Crippen molar-refractivity contribution in [3.8, 4) is 0 Å². The standard InChI is InChI=1S/C30H25O2P/c1-32-30(31)28-19-27-23-14-8-9-15-24(23)29(28)25-17-16-22(18-26(25)27)33(20-10-4-2-5-11-20)21-12-6-3-7-13-21/h2-18,27-29H,19H2,1H3/t27?,28-,29?/m0/s1. The summed E-state index contributed by atoms with van der Waals surface area (Å²) >= 11 is 0. The van der Waals surface area contributed by atoms with Gasteiger partial charge in [-0.2, -0.15) is 0 Å². The lowest BCUT2D eigenvalue weighted by Gasteiger charge is -2.44. The molecule has 2 nitrogen and oxygen atoms in total. The van der Waals surface area contributed by atoms with Crippen LogP contribution in [0.15, 0.2) is 103 Å². The molecule has 0 heterocycles. The zero-order chi connectivity index (χ0) is 22.4. The summed E-state index contributed by atoms with van der Waals surface area (Å²) in [5.74, 6) is 0.0964. The Morgan fingerprint density at radius 1 is 0.697 bits per heavy atom. The smallest absolute Gasteiger partial charge is 0.309 e. The summed E-state index contributed by atoms with van der Waals surface area (Å²) < 4.78 is 5.21. The molecule has 4 aromatic carbocycles. The molecule has 7 rings (SSSR count). The van der Waals surface area contributed by atoms with Crippen molar-refractivity contribution in [2.75, 3.05) is 7.11 Å². The molecule has 0 saturated heterocycles. The lowest BCUT2D eigenvalue weighted by atomic mass is 9.59. The summed E-state index contributed by atoms with van der Waals surface area (Å²) in [6.45, 7) is 0. The van der Waals surface area contributed by atoms with E-state index in [-0.39, 0.29) is 23.7 Å². The molecular formula is C30H25O2P. The van der Waals surface area contributed by atoms with E-state index in [1.807, 2.05) is 0 Å². The maximum absolute atomic E-state index is 12.7. The van der Waals surface area contributed by atoms with E-state index in [9.17, 15) is 4.79 Å². The maximum atomic E-state index is 12.7. The van der Waals surface area contributed by atoms with Crippen LogP contribution in [0.2, 0.25) is 0 Å². The molecule has 0 N–H and O–H groups in total. The average molecular weight is 449 g/mol. The quantitative estimate of drug-likeness (QED) is 0.316. The van der Waals surface area contributed by atoms with Crippen LogP contribution in [0.1, 0.15) is 40.5 Å². The first-order chi connectivity index (χ1) is 16.3. The van der Waals surface area contributed by atoms with Gasteiger partial charge in [-0.1, -0.05) is 97.1 Å². The first kappa shape index (κ1) is 20.4. The molecule has 0 fully saturated rings. The van der Waals surface area contributed by atoms with Crippen molar-refractivity contribution < 1.29 is 9.53 Å². The number of ether oxygens (including phenoxy) is 1. The largest absolute Gasteiger partial charge is 0.469 e. The molecular weight excluding hydrogens is 423 g/mol. The molecule has 0 spiro atoms. The molecule has 3 heteroatoms. The van der Waals surface area contributed by atoms with Crippen LogP contribution in [0.25, 0.3) is 0 Å². The van der Waals surface area contributed by atoms with Crippen LogP contribution >= 0.6 is 7.92 Å². The van der Waals surface area contributed by atoms with Crippen molar-refractivity contribution in [2.24, 2.45) is 5.92 Å². The van der Waals surface area contributed by atoms with E-state index in [4.69, 9.17) is 4.74 Å². The molecule has 3 atom stereocenters. The van der Waals surface area contributed by atoms with Gasteiger partial charge in [-0.25, -0.2) is 0 Å². The maximum Gasteiger partial charge on any atom is 0.309 e. The topological polar surface area (TPSA) is 26.3 Å². The van der Waals surface area contributed by atoms with Crippen molar-refractivity contribution in [3.63, 3.8) is 0 Å². The Labute approximate surface area is 196 Å². The molecule has 2 unspecified atom stereocenters. The Bertz CT molecular complexity index is 1280. The van der Waals surface area contributed by atoms with Gasteiger partial charge in [0.05, 0.1) is 13.0 Å². The predicted octanol–water partition coefficient (Wildman–Crippen LogP) is 5.21. The summed E-state index contributed by atoms with van der Waals surface area (Å²) in [7, 11) is 0.851. The van der Waals surface area contributed by atoms with Crippen LogP contribution in [-0.4, -0.2) is 13.1 Å². The lowest BCUT2D eigenvalue weighted by Crippen LogP contribution is -2.37. The molecule has 0 aliphatic heterocycles. The number of hydrogen-bond acceptors (Lipinski definition) is 2. The van der Waals surface area contributed by atoms with Gasteiger partial charge in [-0.15, -0.1) is 0 Å². The van der Waals surface area contributed by atoms with E-state index in [0.717, 1.165) is 6.42 Å². The Hall–Kier alpha value is -3.22. The third-order valence-corrected chi connectivity index (χ3v) is 9.59. The van der Waals surface area contributed by atoms with Gasteiger partial charge < -0.3 is 4.74 Å². The van der Waals surface area contributed by atoms with E-state index in [2.05, 4.69) is 103 Å². The van der Waals surface area contributed by atoms with Gasteiger partial charge in [0.2, 0.25) is 0 Å². The van der Waals surface area contributed by atoms with E-state index in [0.29, 0.717) is 0 Å². The van der Waals surface area contributed by atoms with Crippen LogP contribution in [0.5, 0.6) is 0 Å². The SMILES string of the molecule is COC(=O)[C@H]1CC2c3ccccc3C1c1ccc(P(c3ccccc3)c3ccccc3)cc12. The fraction of sp³-hybridized carbons (Fsp3) is 0.167. The van der Waals surface area contributed by atoms with Gasteiger partial charge in [0.25, 0.3) is 0 Å². The van der Waals surface area contributed by atoms with Gasteiger partial charge in [0, 0.05) is 11.8 Å². The zero-order valence-corrected chi connectivity index (χ0v) is 19.4. The molecule has 0 aromatic heterocycles. The third-order valence-electron chi connectivity index (χ3n) is 7.17. The number of rotatable bonds is 4. The number of esters is 1. The number of carbonyl (C=O) groups is 1. The normalized spacial score (nSPS) is 20.2. The molecule has 0 radical (unpaired) electrons. The van der Waals surface area contributed by atoms with E-state index in [1.165, 1.54) is 45.3 Å². The van der Waals surface area contributed by atoms with E-state index in [1.54, 1.807) is 0 Å². The van der Waals surface area contributed by atoms with Crippen LogP contribution in [-0.2, 0) is 9.53 Å². The third kappa shape index (κ3) is 3.33. The van der Waals surface area contributed by atoms with Crippen LogP contribution < -0.4 is 15.9 Å². The fourth-order valence-electron chi connectivity index (χ4n) is 5.80. The molecule has 0 saturated carbocycles. The number of carbonyl (C=O) groups excluding carboxylic acids is 1. The zero-order valence-electron chi connectivity index (χ0n) is 18.5. The summed E-state index contributed by atoms with van der Waals surface area (Å²) in [6, 6.07) is 37.3. The molecule has 33 heavy (non-hydrogen) atoms. The minimum absolute atomic E-state index is 0.0716. The Morgan fingerprint density at radius 3 is 1.91 bits per heavy atom. The fourth-order valence-corrected chi connectivity index (χ4v) is 8.12. The van der Waals surface area contributed by atoms with E-state index >= 15 is 0 Å². The van der Waals surface area contributed by atoms with Crippen molar-refractivity contribution in [1.29, 1.82) is 0 Å². The predicted molar refractivity (Wildman–Crippen MR) is 135 cm³/mol.